The van der Waals surface area contributed by atoms with Crippen LogP contribution in [0, 0.1) is 0 Å². The van der Waals surface area contributed by atoms with Gasteiger partial charge in [0, 0.05) is 12.4 Å². The highest BCUT2D eigenvalue weighted by atomic mass is 19.3. The number of carbonyl (C=O) groups excluding carboxylic acids is 1. The highest BCUT2D eigenvalue weighted by molar-refractivity contribution is 5.81. The number of aldehydes is 1. The van der Waals surface area contributed by atoms with Crippen molar-refractivity contribution in [1.82, 2.24) is 9.55 Å². The van der Waals surface area contributed by atoms with E-state index in [-0.39, 0.29) is 23.7 Å². The van der Waals surface area contributed by atoms with Gasteiger partial charge in [0.15, 0.2) is 23.6 Å². The molecule has 106 valence electrons. The molecule has 0 amide bonds. The Bertz CT molecular complexity index is 599. The molecule has 0 aliphatic carbocycles. The highest BCUT2D eigenvalue weighted by Gasteiger charge is 2.14. The number of nitrogens with zero attached hydrogens (tertiary/aromatic N) is 2. The quantitative estimate of drug-likeness (QED) is 0.764. The van der Waals surface area contributed by atoms with Gasteiger partial charge in [0.2, 0.25) is 0 Å². The first-order chi connectivity index (χ1) is 9.67. The van der Waals surface area contributed by atoms with Crippen LogP contribution in [0.3, 0.4) is 0 Å². The lowest BCUT2D eigenvalue weighted by atomic mass is 10.2. The molecule has 7 heteroatoms. The van der Waals surface area contributed by atoms with E-state index in [2.05, 4.69) is 4.98 Å². The molecule has 20 heavy (non-hydrogen) atoms. The molecule has 1 aromatic carbocycles. The highest BCUT2D eigenvalue weighted by Crippen LogP contribution is 2.30. The summed E-state index contributed by atoms with van der Waals surface area (Å²) in [6.45, 7) is -2.89. The van der Waals surface area contributed by atoms with E-state index < -0.39 is 6.55 Å². The van der Waals surface area contributed by atoms with Crippen molar-refractivity contribution in [2.24, 2.45) is 0 Å². The van der Waals surface area contributed by atoms with Crippen LogP contribution in [0.1, 0.15) is 22.7 Å². The molecule has 0 saturated carbocycles. The summed E-state index contributed by atoms with van der Waals surface area (Å²) in [6, 6.07) is 4.79. The molecule has 1 heterocycles. The number of ether oxygens (including phenoxy) is 2. The molecule has 0 N–H and O–H groups in total. The monoisotopic (exact) mass is 282 g/mol. The summed E-state index contributed by atoms with van der Waals surface area (Å²) in [5, 5.41) is 0. The molecule has 2 aromatic rings. The fourth-order valence-corrected chi connectivity index (χ4v) is 1.71. The second kappa shape index (κ2) is 6.14. The molecular formula is C13H12F2N2O3. The summed E-state index contributed by atoms with van der Waals surface area (Å²) < 4.78 is 36.5. The van der Waals surface area contributed by atoms with E-state index in [4.69, 9.17) is 9.47 Å². The molecular weight excluding hydrogens is 270 g/mol. The van der Waals surface area contributed by atoms with Crippen LogP contribution in [0.4, 0.5) is 8.78 Å². The number of para-hydroxylation sites is 1. The smallest absolute Gasteiger partial charge is 0.320 e. The van der Waals surface area contributed by atoms with E-state index in [1.807, 2.05) is 0 Å². The molecule has 0 aliphatic heterocycles. The Kier molecular flexibility index (Phi) is 4.29. The maximum atomic E-state index is 12.7. The van der Waals surface area contributed by atoms with Crippen molar-refractivity contribution in [3.63, 3.8) is 0 Å². The third kappa shape index (κ3) is 2.76. The molecule has 0 saturated heterocycles. The van der Waals surface area contributed by atoms with Crippen LogP contribution < -0.4 is 9.47 Å². The zero-order valence-corrected chi connectivity index (χ0v) is 10.6. The summed E-state index contributed by atoms with van der Waals surface area (Å²) in [5.74, 6) is 0.612. The second-order valence-electron chi connectivity index (χ2n) is 3.81. The van der Waals surface area contributed by atoms with Crippen molar-refractivity contribution in [3.8, 4) is 11.5 Å². The van der Waals surface area contributed by atoms with Gasteiger partial charge in [-0.2, -0.15) is 8.78 Å². The Morgan fingerprint density at radius 1 is 1.45 bits per heavy atom. The lowest BCUT2D eigenvalue weighted by molar-refractivity contribution is 0.0630. The molecule has 0 fully saturated rings. The van der Waals surface area contributed by atoms with Gasteiger partial charge in [0.1, 0.15) is 6.61 Å². The van der Waals surface area contributed by atoms with Crippen molar-refractivity contribution in [3.05, 3.63) is 42.0 Å². The van der Waals surface area contributed by atoms with E-state index >= 15 is 0 Å². The maximum Gasteiger partial charge on any atom is 0.320 e. The third-order valence-electron chi connectivity index (χ3n) is 2.66. The van der Waals surface area contributed by atoms with Crippen LogP contribution in [0.5, 0.6) is 11.5 Å². The number of rotatable bonds is 6. The zero-order valence-electron chi connectivity index (χ0n) is 10.6. The minimum Gasteiger partial charge on any atom is -0.493 e. The molecule has 0 radical (unpaired) electrons. The van der Waals surface area contributed by atoms with E-state index in [0.29, 0.717) is 16.6 Å². The first-order valence-electron chi connectivity index (χ1n) is 5.72. The number of halogens is 2. The van der Waals surface area contributed by atoms with E-state index in [9.17, 15) is 13.6 Å². The van der Waals surface area contributed by atoms with Crippen LogP contribution in [0.25, 0.3) is 0 Å². The van der Waals surface area contributed by atoms with Gasteiger partial charge in [-0.05, 0) is 12.1 Å². The molecule has 0 spiro atoms. The van der Waals surface area contributed by atoms with Crippen molar-refractivity contribution >= 4 is 6.29 Å². The van der Waals surface area contributed by atoms with Gasteiger partial charge < -0.3 is 9.47 Å². The molecule has 5 nitrogen and oxygen atoms in total. The summed E-state index contributed by atoms with van der Waals surface area (Å²) in [4.78, 5) is 14.7. The van der Waals surface area contributed by atoms with E-state index in [0.717, 1.165) is 6.20 Å². The Balaban J connectivity index is 2.22. The Morgan fingerprint density at radius 2 is 2.25 bits per heavy atom. The van der Waals surface area contributed by atoms with Crippen LogP contribution in [-0.2, 0) is 6.61 Å². The fourth-order valence-electron chi connectivity index (χ4n) is 1.71. The Labute approximate surface area is 113 Å². The number of hydrogen-bond donors (Lipinski definition) is 0. The topological polar surface area (TPSA) is 53.4 Å². The minimum atomic E-state index is -2.70. The molecule has 2 rings (SSSR count). The molecule has 0 bridgehead atoms. The van der Waals surface area contributed by atoms with Crippen molar-refractivity contribution in [2.75, 3.05) is 7.11 Å². The predicted octanol–water partition coefficient (Wildman–Crippen LogP) is 2.68. The van der Waals surface area contributed by atoms with Gasteiger partial charge in [0.05, 0.1) is 12.7 Å². The summed E-state index contributed by atoms with van der Waals surface area (Å²) in [5.41, 5.74) is 0.277. The molecule has 0 aliphatic rings. The van der Waals surface area contributed by atoms with E-state index in [1.165, 1.54) is 13.3 Å². The van der Waals surface area contributed by atoms with Crippen molar-refractivity contribution in [2.45, 2.75) is 13.2 Å². The average Bonchev–Trinajstić information content (AvgIpc) is 2.93. The van der Waals surface area contributed by atoms with E-state index in [1.54, 1.807) is 18.2 Å². The van der Waals surface area contributed by atoms with Crippen molar-refractivity contribution in [1.29, 1.82) is 0 Å². The van der Waals surface area contributed by atoms with Gasteiger partial charge in [-0.3, -0.25) is 9.36 Å². The predicted molar refractivity (Wildman–Crippen MR) is 66.2 cm³/mol. The fraction of sp³-hybridized carbons (Fsp3) is 0.231. The Morgan fingerprint density at radius 3 is 2.90 bits per heavy atom. The van der Waals surface area contributed by atoms with Crippen LogP contribution in [0.15, 0.2) is 30.6 Å². The summed E-state index contributed by atoms with van der Waals surface area (Å²) in [6.07, 6.45) is 3.03. The number of hydrogen-bond acceptors (Lipinski definition) is 4. The van der Waals surface area contributed by atoms with Crippen molar-refractivity contribution < 1.29 is 23.0 Å². The standard InChI is InChI=1S/C13H12F2N2O3/c1-19-10-4-2-3-9(7-18)12(10)20-8-11-16-5-6-17(11)13(14)15/h2-7,13H,8H2,1H3. The lowest BCUT2D eigenvalue weighted by Crippen LogP contribution is -2.08. The number of carbonyl (C=O) groups is 1. The number of aromatic nitrogens is 2. The van der Waals surface area contributed by atoms with Gasteiger partial charge in [-0.15, -0.1) is 0 Å². The molecule has 1 aromatic heterocycles. The number of benzene rings is 1. The van der Waals surface area contributed by atoms with Gasteiger partial charge >= 0.3 is 6.55 Å². The van der Waals surface area contributed by atoms with Gasteiger partial charge in [-0.1, -0.05) is 6.07 Å². The maximum absolute atomic E-state index is 12.7. The molecule has 0 unspecified atom stereocenters. The summed E-state index contributed by atoms with van der Waals surface area (Å²) >= 11 is 0. The first-order valence-corrected chi connectivity index (χ1v) is 5.72. The van der Waals surface area contributed by atoms with Gasteiger partial charge in [-0.25, -0.2) is 4.98 Å². The van der Waals surface area contributed by atoms with Crippen LogP contribution in [-0.4, -0.2) is 22.9 Å². The summed E-state index contributed by atoms with van der Waals surface area (Å²) in [7, 11) is 1.43. The average molecular weight is 282 g/mol. The lowest BCUT2D eigenvalue weighted by Gasteiger charge is -2.13. The molecule has 0 atom stereocenters. The second-order valence-corrected chi connectivity index (χ2v) is 3.81. The SMILES string of the molecule is COc1cccc(C=O)c1OCc1nccn1C(F)F. The number of alkyl halides is 2. The van der Waals surface area contributed by atoms with Crippen LogP contribution >= 0.6 is 0 Å². The largest absolute Gasteiger partial charge is 0.493 e. The van der Waals surface area contributed by atoms with Crippen LogP contribution in [0.2, 0.25) is 0 Å². The first kappa shape index (κ1) is 14.0. The third-order valence-corrected chi connectivity index (χ3v) is 2.66. The zero-order chi connectivity index (χ0) is 14.5. The minimum absolute atomic E-state index is 0.0581. The normalized spacial score (nSPS) is 10.6. The number of imidazole rings is 1. The number of methoxy groups -OCH3 is 1. The van der Waals surface area contributed by atoms with Gasteiger partial charge in [0.25, 0.3) is 0 Å². The Hall–Kier alpha value is -2.44.